The Morgan fingerprint density at radius 2 is 1.95 bits per heavy atom. The zero-order valence-corrected chi connectivity index (χ0v) is 14.0. The minimum absolute atomic E-state index is 0.937. The van der Waals surface area contributed by atoms with Gasteiger partial charge in [0.15, 0.2) is 0 Å². The SMILES string of the molecule is CCN(CCCN(C)C)Cc1cc(Br)ccc1OC. The zero-order valence-electron chi connectivity index (χ0n) is 12.4. The van der Waals surface area contributed by atoms with Crippen LogP contribution in [-0.2, 0) is 6.54 Å². The van der Waals surface area contributed by atoms with Gasteiger partial charge in [-0.2, -0.15) is 0 Å². The molecule has 0 saturated carbocycles. The van der Waals surface area contributed by atoms with E-state index in [1.165, 1.54) is 12.0 Å². The third-order valence-corrected chi connectivity index (χ3v) is 3.66. The molecule has 1 rings (SSSR count). The second-order valence-corrected chi connectivity index (χ2v) is 5.90. The van der Waals surface area contributed by atoms with E-state index in [4.69, 9.17) is 4.74 Å². The van der Waals surface area contributed by atoms with E-state index in [9.17, 15) is 0 Å². The largest absolute Gasteiger partial charge is 0.496 e. The summed E-state index contributed by atoms with van der Waals surface area (Å²) in [5, 5.41) is 0. The average molecular weight is 329 g/mol. The Morgan fingerprint density at radius 1 is 1.21 bits per heavy atom. The number of benzene rings is 1. The fraction of sp³-hybridized carbons (Fsp3) is 0.600. The van der Waals surface area contributed by atoms with Crippen LogP contribution in [0.25, 0.3) is 0 Å². The van der Waals surface area contributed by atoms with Gasteiger partial charge in [0.05, 0.1) is 7.11 Å². The van der Waals surface area contributed by atoms with E-state index in [0.29, 0.717) is 0 Å². The molecule has 0 spiro atoms. The highest BCUT2D eigenvalue weighted by Crippen LogP contribution is 2.24. The first-order chi connectivity index (χ1) is 9.06. The van der Waals surface area contributed by atoms with Crippen molar-refractivity contribution in [3.63, 3.8) is 0 Å². The molecular weight excluding hydrogens is 304 g/mol. The van der Waals surface area contributed by atoms with Crippen LogP contribution in [0.2, 0.25) is 0 Å². The highest BCUT2D eigenvalue weighted by molar-refractivity contribution is 9.10. The van der Waals surface area contributed by atoms with Crippen molar-refractivity contribution in [2.75, 3.05) is 40.8 Å². The molecule has 0 aliphatic heterocycles. The van der Waals surface area contributed by atoms with E-state index in [0.717, 1.165) is 36.4 Å². The van der Waals surface area contributed by atoms with E-state index >= 15 is 0 Å². The number of ether oxygens (including phenoxy) is 1. The average Bonchev–Trinajstić information content (AvgIpc) is 2.37. The summed E-state index contributed by atoms with van der Waals surface area (Å²) in [6.45, 7) is 6.45. The number of hydrogen-bond donors (Lipinski definition) is 0. The van der Waals surface area contributed by atoms with Gasteiger partial charge in [-0.05, 0) is 58.3 Å². The van der Waals surface area contributed by atoms with Gasteiger partial charge >= 0.3 is 0 Å². The molecule has 0 aliphatic carbocycles. The van der Waals surface area contributed by atoms with Crippen molar-refractivity contribution in [1.29, 1.82) is 0 Å². The Balaban J connectivity index is 2.61. The summed E-state index contributed by atoms with van der Waals surface area (Å²) in [6.07, 6.45) is 1.19. The Morgan fingerprint density at radius 3 is 2.53 bits per heavy atom. The summed E-state index contributed by atoms with van der Waals surface area (Å²) in [5.74, 6) is 0.967. The molecule has 1 aromatic carbocycles. The molecule has 0 fully saturated rings. The van der Waals surface area contributed by atoms with Gasteiger partial charge in [0, 0.05) is 16.6 Å². The molecule has 0 heterocycles. The number of methoxy groups -OCH3 is 1. The lowest BCUT2D eigenvalue weighted by Crippen LogP contribution is -2.27. The lowest BCUT2D eigenvalue weighted by molar-refractivity contribution is 0.255. The zero-order chi connectivity index (χ0) is 14.3. The number of hydrogen-bond acceptors (Lipinski definition) is 3. The molecule has 0 aromatic heterocycles. The molecule has 0 bridgehead atoms. The van der Waals surface area contributed by atoms with Gasteiger partial charge in [-0.15, -0.1) is 0 Å². The van der Waals surface area contributed by atoms with Crippen molar-refractivity contribution in [2.45, 2.75) is 19.9 Å². The van der Waals surface area contributed by atoms with Crippen LogP contribution in [-0.4, -0.2) is 50.6 Å². The summed E-state index contributed by atoms with van der Waals surface area (Å²) in [5.41, 5.74) is 1.24. The second-order valence-electron chi connectivity index (χ2n) is 4.98. The smallest absolute Gasteiger partial charge is 0.123 e. The lowest BCUT2D eigenvalue weighted by Gasteiger charge is -2.22. The van der Waals surface area contributed by atoms with Crippen molar-refractivity contribution < 1.29 is 4.74 Å². The molecule has 0 N–H and O–H groups in total. The van der Waals surface area contributed by atoms with Gasteiger partial charge < -0.3 is 9.64 Å². The highest BCUT2D eigenvalue weighted by atomic mass is 79.9. The molecule has 108 valence electrons. The summed E-state index contributed by atoms with van der Waals surface area (Å²) in [4.78, 5) is 4.68. The summed E-state index contributed by atoms with van der Waals surface area (Å²) in [6, 6.07) is 6.19. The van der Waals surface area contributed by atoms with Crippen molar-refractivity contribution in [3.8, 4) is 5.75 Å². The Labute approximate surface area is 125 Å². The van der Waals surface area contributed by atoms with Gasteiger partial charge in [-0.3, -0.25) is 4.90 Å². The third-order valence-electron chi connectivity index (χ3n) is 3.16. The van der Waals surface area contributed by atoms with E-state index in [1.54, 1.807) is 7.11 Å². The van der Waals surface area contributed by atoms with Crippen LogP contribution in [0.1, 0.15) is 18.9 Å². The second kappa shape index (κ2) is 8.56. The Bertz CT molecular complexity index is 382. The standard InChI is InChI=1S/C15H25BrN2O/c1-5-18(10-6-9-17(2)3)12-13-11-14(16)7-8-15(13)19-4/h7-8,11H,5-6,9-10,12H2,1-4H3. The van der Waals surface area contributed by atoms with E-state index < -0.39 is 0 Å². The maximum absolute atomic E-state index is 5.43. The van der Waals surface area contributed by atoms with Gasteiger partial charge in [0.1, 0.15) is 5.75 Å². The van der Waals surface area contributed by atoms with Crippen LogP contribution in [0.4, 0.5) is 0 Å². The molecule has 0 atom stereocenters. The maximum Gasteiger partial charge on any atom is 0.123 e. The molecule has 0 amide bonds. The summed E-state index contributed by atoms with van der Waals surface area (Å²) in [7, 11) is 5.97. The first kappa shape index (κ1) is 16.5. The first-order valence-electron chi connectivity index (χ1n) is 6.76. The van der Waals surface area contributed by atoms with Gasteiger partial charge in [0.25, 0.3) is 0 Å². The van der Waals surface area contributed by atoms with Crippen molar-refractivity contribution >= 4 is 15.9 Å². The third kappa shape index (κ3) is 5.93. The number of halogens is 1. The van der Waals surface area contributed by atoms with Crippen LogP contribution in [0.3, 0.4) is 0 Å². The van der Waals surface area contributed by atoms with Gasteiger partial charge in [0.2, 0.25) is 0 Å². The predicted octanol–water partition coefficient (Wildman–Crippen LogP) is 3.23. The van der Waals surface area contributed by atoms with E-state index in [-0.39, 0.29) is 0 Å². The van der Waals surface area contributed by atoms with Crippen LogP contribution >= 0.6 is 15.9 Å². The fourth-order valence-corrected chi connectivity index (χ4v) is 2.48. The quantitative estimate of drug-likeness (QED) is 0.728. The molecule has 0 aliphatic rings. The van der Waals surface area contributed by atoms with Crippen molar-refractivity contribution in [1.82, 2.24) is 9.80 Å². The highest BCUT2D eigenvalue weighted by Gasteiger charge is 2.09. The first-order valence-corrected chi connectivity index (χ1v) is 7.55. The molecule has 4 heteroatoms. The number of rotatable bonds is 8. The van der Waals surface area contributed by atoms with Crippen LogP contribution < -0.4 is 4.74 Å². The van der Waals surface area contributed by atoms with Crippen molar-refractivity contribution in [2.24, 2.45) is 0 Å². The summed E-state index contributed by atoms with van der Waals surface area (Å²) >= 11 is 3.53. The van der Waals surface area contributed by atoms with E-state index in [1.807, 2.05) is 12.1 Å². The van der Waals surface area contributed by atoms with Crippen LogP contribution in [0, 0.1) is 0 Å². The molecule has 3 nitrogen and oxygen atoms in total. The van der Waals surface area contributed by atoms with Crippen LogP contribution in [0.15, 0.2) is 22.7 Å². The molecule has 0 saturated heterocycles. The number of nitrogens with zero attached hydrogens (tertiary/aromatic N) is 2. The van der Waals surface area contributed by atoms with E-state index in [2.05, 4.69) is 52.8 Å². The van der Waals surface area contributed by atoms with Crippen LogP contribution in [0.5, 0.6) is 5.75 Å². The predicted molar refractivity (Wildman–Crippen MR) is 84.8 cm³/mol. The molecule has 1 aromatic rings. The Kier molecular flexibility index (Phi) is 7.42. The molecule has 19 heavy (non-hydrogen) atoms. The van der Waals surface area contributed by atoms with Crippen molar-refractivity contribution in [3.05, 3.63) is 28.2 Å². The Hall–Kier alpha value is -0.580. The summed E-state index contributed by atoms with van der Waals surface area (Å²) < 4.78 is 6.54. The molecule has 0 radical (unpaired) electrons. The topological polar surface area (TPSA) is 15.7 Å². The van der Waals surface area contributed by atoms with Gasteiger partial charge in [-0.1, -0.05) is 22.9 Å². The monoisotopic (exact) mass is 328 g/mol. The normalized spacial score (nSPS) is 11.3. The lowest BCUT2D eigenvalue weighted by atomic mass is 10.2. The fourth-order valence-electron chi connectivity index (χ4n) is 2.07. The minimum atomic E-state index is 0.937. The maximum atomic E-state index is 5.43. The van der Waals surface area contributed by atoms with Gasteiger partial charge in [-0.25, -0.2) is 0 Å². The molecular formula is C15H25BrN2O. The minimum Gasteiger partial charge on any atom is -0.496 e. The molecule has 0 unspecified atom stereocenters.